The Hall–Kier alpha value is -3.48. The minimum absolute atomic E-state index is 0. The molecule has 8 rings (SSSR count). The second kappa shape index (κ2) is 8.82. The van der Waals surface area contributed by atoms with Crippen molar-refractivity contribution in [3.05, 3.63) is 105 Å². The molecule has 0 unspecified atom stereocenters. The molecule has 0 bridgehead atoms. The van der Waals surface area contributed by atoms with Crippen LogP contribution in [0.15, 0.2) is 94.1 Å². The van der Waals surface area contributed by atoms with Gasteiger partial charge in [0, 0.05) is 32.1 Å². The molecule has 0 radical (unpaired) electrons. The van der Waals surface area contributed by atoms with Crippen LogP contribution < -0.4 is 9.47 Å². The van der Waals surface area contributed by atoms with Gasteiger partial charge in [-0.25, -0.2) is 0 Å². The van der Waals surface area contributed by atoms with Crippen LogP contribution in [0.5, 0.6) is 23.0 Å². The number of halogens is 2. The van der Waals surface area contributed by atoms with Crippen molar-refractivity contribution in [3.63, 3.8) is 0 Å². The van der Waals surface area contributed by atoms with Crippen LogP contribution in [-0.4, -0.2) is 9.13 Å². The van der Waals surface area contributed by atoms with Crippen LogP contribution in [0.3, 0.4) is 0 Å². The number of ether oxygens (including phenoxy) is 2. The molecule has 0 atom stereocenters. The van der Waals surface area contributed by atoms with Crippen molar-refractivity contribution in [1.29, 1.82) is 0 Å². The zero-order valence-corrected chi connectivity index (χ0v) is 22.7. The lowest BCUT2D eigenvalue weighted by Gasteiger charge is -2.21. The first kappa shape index (κ1) is 23.9. The largest absolute Gasteiger partial charge is 0.453 e. The van der Waals surface area contributed by atoms with E-state index in [1.807, 2.05) is 30.3 Å². The number of hydrogen-bond acceptors (Lipinski definition) is 2. The molecule has 184 valence electrons. The fourth-order valence-electron chi connectivity index (χ4n) is 5.04. The minimum atomic E-state index is 0. The third-order valence-corrected chi connectivity index (χ3v) is 7.97. The fraction of sp³-hybridized carbons (Fsp3) is 0.0968. The highest BCUT2D eigenvalue weighted by atomic mass is 79.9. The maximum absolute atomic E-state index is 6.00. The number of hydrogen-bond donors (Lipinski definition) is 0. The predicted molar refractivity (Wildman–Crippen MR) is 158 cm³/mol. The van der Waals surface area contributed by atoms with Crippen molar-refractivity contribution >= 4 is 53.7 Å². The summed E-state index contributed by atoms with van der Waals surface area (Å²) in [5.41, 5.74) is 7.00. The van der Waals surface area contributed by atoms with Crippen molar-refractivity contribution in [1.82, 2.24) is 9.13 Å². The summed E-state index contributed by atoms with van der Waals surface area (Å²) in [5, 5.41) is 2.43. The Kier molecular flexibility index (Phi) is 5.70. The summed E-state index contributed by atoms with van der Waals surface area (Å²) in [4.78, 5) is 0. The molecule has 2 aromatic heterocycles. The lowest BCUT2D eigenvalue weighted by atomic mass is 10.1. The molecule has 0 amide bonds. The van der Waals surface area contributed by atoms with Crippen molar-refractivity contribution in [3.8, 4) is 34.4 Å². The van der Waals surface area contributed by atoms with Gasteiger partial charge in [-0.2, -0.15) is 0 Å². The van der Waals surface area contributed by atoms with Crippen molar-refractivity contribution in [2.24, 2.45) is 0 Å². The van der Waals surface area contributed by atoms with E-state index in [-0.39, 0.29) is 7.43 Å². The smallest absolute Gasteiger partial charge is 0.152 e. The van der Waals surface area contributed by atoms with E-state index in [0.29, 0.717) is 0 Å². The third kappa shape index (κ3) is 3.70. The highest BCUT2D eigenvalue weighted by molar-refractivity contribution is 9.11. The van der Waals surface area contributed by atoms with Gasteiger partial charge in [0.2, 0.25) is 0 Å². The Bertz CT molecular complexity index is 1710. The van der Waals surface area contributed by atoms with Gasteiger partial charge in [0.05, 0.1) is 22.4 Å². The molecule has 6 heteroatoms. The molecule has 0 aliphatic carbocycles. The molecule has 0 spiro atoms. The van der Waals surface area contributed by atoms with Gasteiger partial charge in [0.15, 0.2) is 23.0 Å². The number of aryl methyl sites for hydroxylation is 2. The molecule has 0 N–H and O–H groups in total. The molecular formula is C31H24Br2N2O2. The highest BCUT2D eigenvalue weighted by Crippen LogP contribution is 2.44. The average Bonchev–Trinajstić information content (AvgIpc) is 3.53. The molecule has 37 heavy (non-hydrogen) atoms. The molecule has 0 saturated carbocycles. The maximum atomic E-state index is 6.00. The summed E-state index contributed by atoms with van der Waals surface area (Å²) in [6.07, 6.45) is 4.20. The average molecular weight is 616 g/mol. The summed E-state index contributed by atoms with van der Waals surface area (Å²) in [6.45, 7) is 4.24. The van der Waals surface area contributed by atoms with Gasteiger partial charge in [-0.15, -0.1) is 0 Å². The Morgan fingerprint density at radius 3 is 1.89 bits per heavy atom. The monoisotopic (exact) mass is 614 g/mol. The lowest BCUT2D eigenvalue weighted by Crippen LogP contribution is -2.03. The van der Waals surface area contributed by atoms with E-state index in [4.69, 9.17) is 9.47 Å². The second-order valence-electron chi connectivity index (χ2n) is 9.11. The van der Waals surface area contributed by atoms with Crippen LogP contribution in [0.1, 0.15) is 18.6 Å². The lowest BCUT2D eigenvalue weighted by molar-refractivity contribution is 0.475. The van der Waals surface area contributed by atoms with Crippen LogP contribution in [0.4, 0.5) is 0 Å². The molecule has 2 aliphatic heterocycles. The second-order valence-corrected chi connectivity index (χ2v) is 10.9. The molecule has 6 aromatic rings. The van der Waals surface area contributed by atoms with Crippen molar-refractivity contribution in [2.45, 2.75) is 21.3 Å². The predicted octanol–water partition coefficient (Wildman–Crippen LogP) is 10.3. The number of nitrogens with zero attached hydrogens (tertiary/aromatic N) is 2. The van der Waals surface area contributed by atoms with E-state index in [9.17, 15) is 0 Å². The van der Waals surface area contributed by atoms with Crippen LogP contribution in [0.2, 0.25) is 0 Å². The van der Waals surface area contributed by atoms with Gasteiger partial charge in [0.1, 0.15) is 0 Å². The summed E-state index contributed by atoms with van der Waals surface area (Å²) in [5.74, 6) is 3.64. The molecule has 4 aromatic carbocycles. The fourth-order valence-corrected chi connectivity index (χ4v) is 5.84. The summed E-state index contributed by atoms with van der Waals surface area (Å²) in [6, 6.07) is 24.8. The standard InChI is InChI=1S/C16H13NO.C14H7Br2NO.CH4/c1-10-3-5-14-13(9-10)17-8-7-12-11(2)4-6-15(18-14)16(12)17;15-8-1-3-12-11(7-8)17-6-5-9-10(16)2-4-13(18-12)14(9)17;/h3-9H,1-2H3;1-7H;1H4. The topological polar surface area (TPSA) is 28.3 Å². The van der Waals surface area contributed by atoms with Gasteiger partial charge >= 0.3 is 0 Å². The van der Waals surface area contributed by atoms with Gasteiger partial charge in [-0.1, -0.05) is 51.4 Å². The molecular weight excluding hydrogens is 592 g/mol. The van der Waals surface area contributed by atoms with E-state index >= 15 is 0 Å². The Labute approximate surface area is 232 Å². The maximum Gasteiger partial charge on any atom is 0.152 e. The highest BCUT2D eigenvalue weighted by Gasteiger charge is 2.21. The number of rotatable bonds is 0. The third-order valence-electron chi connectivity index (χ3n) is 6.78. The molecule has 0 fully saturated rings. The van der Waals surface area contributed by atoms with Gasteiger partial charge in [0.25, 0.3) is 0 Å². The number of benzene rings is 4. The van der Waals surface area contributed by atoms with E-state index in [1.165, 1.54) is 22.0 Å². The first-order valence-electron chi connectivity index (χ1n) is 11.6. The molecule has 4 heterocycles. The molecule has 4 nitrogen and oxygen atoms in total. The first-order chi connectivity index (χ1) is 17.5. The normalized spacial score (nSPS) is 12.0. The molecule has 0 saturated heterocycles. The van der Waals surface area contributed by atoms with Crippen LogP contribution >= 0.6 is 31.9 Å². The zero-order valence-electron chi connectivity index (χ0n) is 19.5. The number of fused-ring (bicyclic) bond motifs is 4. The Balaban J connectivity index is 0.000000133. The van der Waals surface area contributed by atoms with Crippen LogP contribution in [0.25, 0.3) is 33.2 Å². The number of aromatic nitrogens is 2. The Morgan fingerprint density at radius 2 is 1.16 bits per heavy atom. The van der Waals surface area contributed by atoms with Crippen LogP contribution in [-0.2, 0) is 0 Å². The zero-order chi connectivity index (χ0) is 24.6. The van der Waals surface area contributed by atoms with E-state index in [2.05, 4.69) is 110 Å². The Morgan fingerprint density at radius 1 is 0.595 bits per heavy atom. The van der Waals surface area contributed by atoms with Crippen LogP contribution in [0, 0.1) is 13.8 Å². The summed E-state index contributed by atoms with van der Waals surface area (Å²) >= 11 is 7.08. The summed E-state index contributed by atoms with van der Waals surface area (Å²) in [7, 11) is 0. The first-order valence-corrected chi connectivity index (χ1v) is 13.2. The van der Waals surface area contributed by atoms with Crippen molar-refractivity contribution < 1.29 is 9.47 Å². The van der Waals surface area contributed by atoms with Gasteiger partial charge in [-0.05, 0) is 85.6 Å². The van der Waals surface area contributed by atoms with Crippen molar-refractivity contribution in [2.75, 3.05) is 0 Å². The quantitative estimate of drug-likeness (QED) is 0.170. The minimum Gasteiger partial charge on any atom is -0.453 e. The SMILES string of the molecule is Brc1ccc2c(c1)-n1ccc3c(Br)ccc(c31)O2.C.Cc1ccc2c(c1)-n1ccc3c(C)ccc(c31)O2. The van der Waals surface area contributed by atoms with Gasteiger partial charge < -0.3 is 18.6 Å². The van der Waals surface area contributed by atoms with Gasteiger partial charge in [-0.3, -0.25) is 0 Å². The summed E-state index contributed by atoms with van der Waals surface area (Å²) < 4.78 is 18.5. The van der Waals surface area contributed by atoms with E-state index in [0.717, 1.165) is 54.2 Å². The van der Waals surface area contributed by atoms with E-state index < -0.39 is 0 Å². The molecule has 2 aliphatic rings. The van der Waals surface area contributed by atoms with E-state index in [1.54, 1.807) is 0 Å².